The highest BCUT2D eigenvalue weighted by atomic mass is 28.3. The van der Waals surface area contributed by atoms with Crippen molar-refractivity contribution in [1.82, 2.24) is 0 Å². The molecule has 0 spiro atoms. The van der Waals surface area contributed by atoms with E-state index >= 15 is 0 Å². The van der Waals surface area contributed by atoms with Gasteiger partial charge in [0.15, 0.2) is 8.07 Å². The zero-order chi connectivity index (χ0) is 35.6. The Morgan fingerprint density at radius 3 is 1.08 bits per heavy atom. The maximum Gasteiger partial charge on any atom is 0.159 e. The van der Waals surface area contributed by atoms with Crippen LogP contribution in [0.15, 0.2) is 109 Å². The molecule has 49 heavy (non-hydrogen) atoms. The molecule has 0 fully saturated rings. The molecule has 0 aliphatic heterocycles. The van der Waals surface area contributed by atoms with E-state index in [1.54, 1.807) is 21.1 Å². The summed E-state index contributed by atoms with van der Waals surface area (Å²) in [6.07, 6.45) is 8.40. The fraction of sp³-hybridized carbons (Fsp3) is 0.417. The fourth-order valence-electron chi connectivity index (χ4n) is 7.69. The molecule has 1 aliphatic carbocycles. The summed E-state index contributed by atoms with van der Waals surface area (Å²) in [6.45, 7) is 28.4. The van der Waals surface area contributed by atoms with Gasteiger partial charge in [0.1, 0.15) is 0 Å². The zero-order valence-corrected chi connectivity index (χ0v) is 33.6. The van der Waals surface area contributed by atoms with Crippen molar-refractivity contribution in [3.8, 4) is 0 Å². The van der Waals surface area contributed by atoms with E-state index in [1.807, 2.05) is 0 Å². The Kier molecular flexibility index (Phi) is 11.4. The third-order valence-corrected chi connectivity index (χ3v) is 16.1. The average molecular weight is 667 g/mol. The van der Waals surface area contributed by atoms with Crippen LogP contribution < -0.4 is 15.6 Å². The molecule has 0 heterocycles. The van der Waals surface area contributed by atoms with Gasteiger partial charge in [0.2, 0.25) is 0 Å². The van der Waals surface area contributed by atoms with Crippen molar-refractivity contribution in [2.24, 2.45) is 0 Å². The monoisotopic (exact) mass is 666 g/mol. The van der Waals surface area contributed by atoms with E-state index < -0.39 is 8.07 Å². The van der Waals surface area contributed by atoms with Gasteiger partial charge in [-0.2, -0.15) is 0 Å². The summed E-state index contributed by atoms with van der Waals surface area (Å²) < 4.78 is 0. The van der Waals surface area contributed by atoms with Gasteiger partial charge in [-0.1, -0.05) is 192 Å². The Morgan fingerprint density at radius 2 is 0.776 bits per heavy atom. The summed E-state index contributed by atoms with van der Waals surface area (Å²) in [5.41, 5.74) is 12.0. The summed E-state index contributed by atoms with van der Waals surface area (Å²) >= 11 is 0. The molecule has 0 bridgehead atoms. The van der Waals surface area contributed by atoms with Gasteiger partial charge in [-0.25, -0.2) is 0 Å². The molecule has 4 aromatic carbocycles. The number of hydrogen-bond donors (Lipinski definition) is 0. The first kappa shape index (κ1) is 36.8. The third kappa shape index (κ3) is 7.68. The molecule has 4 aromatic rings. The predicted molar refractivity (Wildman–Crippen MR) is 220 cm³/mol. The topological polar surface area (TPSA) is 0 Å². The van der Waals surface area contributed by atoms with E-state index in [2.05, 4.69) is 186 Å². The molecule has 1 unspecified atom stereocenters. The van der Waals surface area contributed by atoms with Crippen molar-refractivity contribution in [2.45, 2.75) is 131 Å². The van der Waals surface area contributed by atoms with Gasteiger partial charge in [-0.15, -0.1) is 0 Å². The molecule has 5 rings (SSSR count). The largest absolute Gasteiger partial charge is 0.159 e. The Hall–Kier alpha value is -3.42. The van der Waals surface area contributed by atoms with E-state index in [4.69, 9.17) is 0 Å². The van der Waals surface area contributed by atoms with Gasteiger partial charge >= 0.3 is 0 Å². The van der Waals surface area contributed by atoms with Gasteiger partial charge in [0, 0.05) is 5.54 Å². The van der Waals surface area contributed by atoms with Gasteiger partial charge in [-0.3, -0.25) is 0 Å². The van der Waals surface area contributed by atoms with E-state index in [1.165, 1.54) is 38.9 Å². The number of hydrogen-bond acceptors (Lipinski definition) is 0. The van der Waals surface area contributed by atoms with Gasteiger partial charge in [0.25, 0.3) is 0 Å². The highest BCUT2D eigenvalue weighted by molar-refractivity contribution is 7.13. The van der Waals surface area contributed by atoms with Crippen LogP contribution in [-0.4, -0.2) is 8.07 Å². The van der Waals surface area contributed by atoms with Crippen molar-refractivity contribution in [3.63, 3.8) is 0 Å². The van der Waals surface area contributed by atoms with Crippen LogP contribution in [0.25, 0.3) is 0 Å². The molecular weight excluding hydrogens is 605 g/mol. The number of allylic oxidation sites excluding steroid dienone is 4. The third-order valence-electron chi connectivity index (χ3n) is 11.0. The fourth-order valence-corrected chi connectivity index (χ4v) is 13.3. The van der Waals surface area contributed by atoms with E-state index in [-0.39, 0.29) is 0 Å². The molecule has 0 radical (unpaired) electrons. The minimum Gasteiger partial charge on any atom is -0.0790 e. The highest BCUT2D eigenvalue weighted by Crippen LogP contribution is 2.40. The first-order valence-electron chi connectivity index (χ1n) is 19.1. The van der Waals surface area contributed by atoms with Crippen molar-refractivity contribution in [3.05, 3.63) is 148 Å². The van der Waals surface area contributed by atoms with Crippen LogP contribution >= 0.6 is 0 Å². The second-order valence-electron chi connectivity index (χ2n) is 16.7. The van der Waals surface area contributed by atoms with Crippen molar-refractivity contribution in [1.29, 1.82) is 0 Å². The van der Waals surface area contributed by atoms with Gasteiger partial charge in [-0.05, 0) is 96.4 Å². The van der Waals surface area contributed by atoms with Crippen LogP contribution in [0.5, 0.6) is 0 Å². The van der Waals surface area contributed by atoms with Crippen molar-refractivity contribution >= 4 is 23.6 Å². The lowest BCUT2D eigenvalue weighted by Crippen LogP contribution is -2.70. The minimum absolute atomic E-state index is 0.292. The quantitative estimate of drug-likeness (QED) is 0.104. The van der Waals surface area contributed by atoms with Crippen molar-refractivity contribution in [2.75, 3.05) is 0 Å². The summed E-state index contributed by atoms with van der Waals surface area (Å²) in [5, 5.41) is 4.68. The Morgan fingerprint density at radius 1 is 0.449 bits per heavy atom. The smallest absolute Gasteiger partial charge is 0.0790 e. The summed E-state index contributed by atoms with van der Waals surface area (Å²) in [4.78, 5) is 0. The molecule has 0 aromatic heterocycles. The molecule has 1 heteroatoms. The highest BCUT2D eigenvalue weighted by Gasteiger charge is 2.49. The first-order chi connectivity index (χ1) is 23.2. The van der Waals surface area contributed by atoms with E-state index in [9.17, 15) is 0 Å². The van der Waals surface area contributed by atoms with Crippen LogP contribution in [0.2, 0.25) is 5.54 Å². The molecule has 0 saturated heterocycles. The first-order valence-corrected chi connectivity index (χ1v) is 21.2. The van der Waals surface area contributed by atoms with Gasteiger partial charge in [0.05, 0.1) is 0 Å². The van der Waals surface area contributed by atoms with Crippen molar-refractivity contribution < 1.29 is 0 Å². The van der Waals surface area contributed by atoms with Crippen LogP contribution in [0.4, 0.5) is 0 Å². The molecule has 1 aliphatic rings. The lowest BCUT2D eigenvalue weighted by atomic mass is 9.95. The molecule has 0 nitrogen and oxygen atoms in total. The normalized spacial score (nSPS) is 15.1. The maximum atomic E-state index is 2.64. The maximum absolute atomic E-state index is 2.83. The Labute approximate surface area is 300 Å². The predicted octanol–water partition coefficient (Wildman–Crippen LogP) is 12.0. The standard InChI is InChI=1S/C48H62Si/c1-31(2)39-22-40(32(3)4)26-45(25-39)49(46-27-41(33(5)6)23-42(28-46)34(7)8,47-29-43(35(9)10)24-44(30-47)36(11)12)48-20-16-19-38(48)21-37-17-14-13-15-18-37/h13-20,22-36,48H,21H2,1-12H3. The zero-order valence-electron chi connectivity index (χ0n) is 32.6. The van der Waals surface area contributed by atoms with E-state index in [0.29, 0.717) is 41.0 Å². The van der Waals surface area contributed by atoms with Crippen LogP contribution in [0, 0.1) is 0 Å². The second kappa shape index (κ2) is 15.2. The van der Waals surface area contributed by atoms with E-state index in [0.717, 1.165) is 6.42 Å². The minimum atomic E-state index is -2.83. The Balaban J connectivity index is 2.02. The van der Waals surface area contributed by atoms with Crippen LogP contribution in [0.3, 0.4) is 0 Å². The summed E-state index contributed by atoms with van der Waals surface area (Å²) in [7, 11) is -2.83. The van der Waals surface area contributed by atoms with Crippen LogP contribution in [-0.2, 0) is 6.42 Å². The molecule has 0 N–H and O–H groups in total. The second-order valence-corrected chi connectivity index (χ2v) is 20.6. The lowest BCUT2D eigenvalue weighted by Gasteiger charge is -2.42. The molecule has 1 atom stereocenters. The SMILES string of the molecule is CC(C)c1cc(C(C)C)cc([Si](c2cc(C(C)C)cc(C(C)C)c2)(c2cc(C(C)C)cc(C(C)C)c2)C2C=CC=C2Cc2ccccc2)c1. The average Bonchev–Trinajstić information content (AvgIpc) is 3.53. The molecular formula is C48H62Si. The summed E-state index contributed by atoms with van der Waals surface area (Å²) in [6, 6.07) is 34.5. The Bertz CT molecular complexity index is 1560. The number of rotatable bonds is 12. The van der Waals surface area contributed by atoms with Gasteiger partial charge < -0.3 is 0 Å². The molecule has 0 saturated carbocycles. The lowest BCUT2D eigenvalue weighted by molar-refractivity contribution is 0.833. The van der Waals surface area contributed by atoms with Crippen LogP contribution in [0.1, 0.15) is 158 Å². The molecule has 258 valence electrons. The number of benzene rings is 4. The molecule has 0 amide bonds. The summed E-state index contributed by atoms with van der Waals surface area (Å²) in [5.74, 6) is 2.69.